The monoisotopic (exact) mass is 240 g/mol. The van der Waals surface area contributed by atoms with Gasteiger partial charge in [-0.3, -0.25) is 18.2 Å². The molecule has 0 radical (unpaired) electrons. The summed E-state index contributed by atoms with van der Waals surface area (Å²) >= 11 is 0. The Hall–Kier alpha value is -0.690. The van der Waals surface area contributed by atoms with E-state index in [-0.39, 0.29) is 25.8 Å². The smallest absolute Gasteiger partial charge is 0.273 e. The Morgan fingerprint density at radius 1 is 0.562 bits per heavy atom. The molecule has 0 saturated heterocycles. The van der Waals surface area contributed by atoms with Gasteiger partial charge in [0.25, 0.3) is 0 Å². The summed E-state index contributed by atoms with van der Waals surface area (Å²) in [5.41, 5.74) is 0. The van der Waals surface area contributed by atoms with Gasteiger partial charge in [-0.2, -0.15) is 18.2 Å². The molecule has 0 nitrogen and oxygen atoms in total. The predicted molar refractivity (Wildman–Crippen MR) is 64.7 cm³/mol. The third-order valence-corrected chi connectivity index (χ3v) is 1.76. The van der Waals surface area contributed by atoms with E-state index < -0.39 is 0 Å². The summed E-state index contributed by atoms with van der Waals surface area (Å²) in [7, 11) is 0. The normalized spacial score (nSPS) is 16.5. The van der Waals surface area contributed by atoms with E-state index in [0.29, 0.717) is 0 Å². The fourth-order valence-corrected chi connectivity index (χ4v) is 1.02. The summed E-state index contributed by atoms with van der Waals surface area (Å²) in [6.07, 6.45) is 30.0. The van der Waals surface area contributed by atoms with Crippen LogP contribution in [0.5, 0.6) is 0 Å². The first-order valence-corrected chi connectivity index (χ1v) is 5.15. The molecular formula is C15H15Sc. The molecule has 1 heteroatoms. The maximum Gasteiger partial charge on any atom is 3.00 e. The molecule has 0 N–H and O–H groups in total. The van der Waals surface area contributed by atoms with E-state index in [1.54, 1.807) is 0 Å². The number of allylic oxidation sites excluding steroid dienone is 12. The second-order valence-corrected chi connectivity index (χ2v) is 3.01. The molecule has 16 heavy (non-hydrogen) atoms. The molecule has 0 aliphatic heterocycles. The molecular weight excluding hydrogens is 225 g/mol. The second-order valence-electron chi connectivity index (χ2n) is 3.01. The van der Waals surface area contributed by atoms with Gasteiger partial charge in [0, 0.05) is 0 Å². The van der Waals surface area contributed by atoms with E-state index in [0.717, 1.165) is 19.3 Å². The molecule has 0 aromatic heterocycles. The van der Waals surface area contributed by atoms with E-state index in [1.807, 2.05) is 36.5 Å². The van der Waals surface area contributed by atoms with Crippen LogP contribution in [0.4, 0.5) is 0 Å². The van der Waals surface area contributed by atoms with Gasteiger partial charge in [0.1, 0.15) is 0 Å². The molecule has 0 aromatic rings. The number of hydrogen-bond acceptors (Lipinski definition) is 0. The molecule has 0 amide bonds. The molecule has 78 valence electrons. The summed E-state index contributed by atoms with van der Waals surface area (Å²) in [6, 6.07) is 0. The van der Waals surface area contributed by atoms with Crippen molar-refractivity contribution >= 4 is 0 Å². The number of hydrogen-bond donors (Lipinski definition) is 0. The van der Waals surface area contributed by atoms with Crippen molar-refractivity contribution in [1.29, 1.82) is 0 Å². The van der Waals surface area contributed by atoms with Gasteiger partial charge in [0.15, 0.2) is 0 Å². The Kier molecular flexibility index (Phi) is 11.8. The fourth-order valence-electron chi connectivity index (χ4n) is 1.02. The van der Waals surface area contributed by atoms with Gasteiger partial charge in [-0.15, -0.1) is 19.3 Å². The molecule has 0 fully saturated rings. The van der Waals surface area contributed by atoms with E-state index in [1.165, 1.54) is 0 Å². The first-order valence-electron chi connectivity index (χ1n) is 5.15. The second kappa shape index (κ2) is 12.4. The summed E-state index contributed by atoms with van der Waals surface area (Å²) in [5.74, 6) is 0. The first kappa shape index (κ1) is 15.3. The Labute approximate surface area is 118 Å². The van der Waals surface area contributed by atoms with Crippen molar-refractivity contribution < 1.29 is 25.8 Å². The largest absolute Gasteiger partial charge is 3.00 e. The summed E-state index contributed by atoms with van der Waals surface area (Å²) in [5, 5.41) is 0. The van der Waals surface area contributed by atoms with Crippen LogP contribution in [0.15, 0.2) is 54.7 Å². The number of rotatable bonds is 0. The topological polar surface area (TPSA) is 0 Å². The van der Waals surface area contributed by atoms with Crippen molar-refractivity contribution in [1.82, 2.24) is 0 Å². The quantitative estimate of drug-likeness (QED) is 0.563. The fraction of sp³-hybridized carbons (Fsp3) is 0.200. The van der Waals surface area contributed by atoms with Gasteiger partial charge >= 0.3 is 25.8 Å². The maximum absolute atomic E-state index is 2.99. The Balaban J connectivity index is 0.000000205. The van der Waals surface area contributed by atoms with Gasteiger partial charge in [0.2, 0.25) is 0 Å². The predicted octanol–water partition coefficient (Wildman–Crippen LogP) is 3.91. The minimum Gasteiger partial charge on any atom is -0.273 e. The third-order valence-electron chi connectivity index (χ3n) is 1.76. The molecule has 0 bridgehead atoms. The van der Waals surface area contributed by atoms with E-state index in [9.17, 15) is 0 Å². The van der Waals surface area contributed by atoms with Crippen LogP contribution in [0.25, 0.3) is 0 Å². The van der Waals surface area contributed by atoms with Crippen LogP contribution >= 0.6 is 0 Å². The van der Waals surface area contributed by atoms with Crippen LogP contribution in [0.2, 0.25) is 0 Å². The first-order chi connectivity index (χ1) is 7.50. The van der Waals surface area contributed by atoms with Gasteiger partial charge in [0.05, 0.1) is 0 Å². The molecule has 0 saturated carbocycles. The van der Waals surface area contributed by atoms with E-state index in [2.05, 4.69) is 36.5 Å². The van der Waals surface area contributed by atoms with Crippen LogP contribution in [0, 0.1) is 18.2 Å². The van der Waals surface area contributed by atoms with Gasteiger partial charge in [-0.1, -0.05) is 0 Å². The van der Waals surface area contributed by atoms with Gasteiger partial charge < -0.3 is 0 Å². The Morgan fingerprint density at radius 3 is 0.938 bits per heavy atom. The van der Waals surface area contributed by atoms with Crippen molar-refractivity contribution in [3.05, 3.63) is 72.9 Å². The van der Waals surface area contributed by atoms with Crippen molar-refractivity contribution in [2.45, 2.75) is 19.3 Å². The maximum atomic E-state index is 2.99. The van der Waals surface area contributed by atoms with Gasteiger partial charge in [-0.05, 0) is 0 Å². The van der Waals surface area contributed by atoms with Crippen LogP contribution in [-0.4, -0.2) is 0 Å². The average Bonchev–Trinajstić information content (AvgIpc) is 3.09. The zero-order chi connectivity index (χ0) is 10.6. The molecule has 0 heterocycles. The van der Waals surface area contributed by atoms with Crippen LogP contribution in [0.3, 0.4) is 0 Å². The average molecular weight is 240 g/mol. The molecule has 3 rings (SSSR count). The van der Waals surface area contributed by atoms with Crippen molar-refractivity contribution in [2.24, 2.45) is 0 Å². The summed E-state index contributed by atoms with van der Waals surface area (Å²) in [4.78, 5) is 0. The van der Waals surface area contributed by atoms with E-state index >= 15 is 0 Å². The Bertz CT molecular complexity index is 232. The van der Waals surface area contributed by atoms with E-state index in [4.69, 9.17) is 0 Å². The zero-order valence-corrected chi connectivity index (χ0v) is 11.2. The van der Waals surface area contributed by atoms with Crippen molar-refractivity contribution in [3.8, 4) is 0 Å². The third kappa shape index (κ3) is 9.85. The van der Waals surface area contributed by atoms with Crippen molar-refractivity contribution in [3.63, 3.8) is 0 Å². The molecule has 3 aliphatic carbocycles. The van der Waals surface area contributed by atoms with Gasteiger partial charge in [-0.25, -0.2) is 36.5 Å². The molecule has 0 aromatic carbocycles. The minimum absolute atomic E-state index is 0. The molecule has 0 unspecified atom stereocenters. The van der Waals surface area contributed by atoms with Crippen molar-refractivity contribution in [2.75, 3.05) is 0 Å². The summed E-state index contributed by atoms with van der Waals surface area (Å²) in [6.45, 7) is 0. The minimum atomic E-state index is 0. The SMILES string of the molecule is [C-]1=CC=CC1.[C-]1=CC=CC1.[C-]1=CC=CC1.[Sc+3]. The molecule has 0 atom stereocenters. The standard InChI is InChI=1S/3C5H5.Sc/c3*1-2-4-5-3-1;/h3*1-3H,4H2;/q3*-1;+3. The summed E-state index contributed by atoms with van der Waals surface area (Å²) < 4.78 is 0. The van der Waals surface area contributed by atoms with Crippen LogP contribution in [-0.2, 0) is 25.8 Å². The zero-order valence-electron chi connectivity index (χ0n) is 9.39. The molecule has 3 aliphatic rings. The molecule has 0 spiro atoms. The van der Waals surface area contributed by atoms with Crippen LogP contribution in [0.1, 0.15) is 19.3 Å². The Morgan fingerprint density at radius 2 is 0.875 bits per heavy atom. The van der Waals surface area contributed by atoms with Crippen LogP contribution < -0.4 is 0 Å².